The number of methoxy groups -OCH3 is 1. The molecule has 1 aromatic rings. The number of hydrogen-bond donors (Lipinski definition) is 0. The summed E-state index contributed by atoms with van der Waals surface area (Å²) >= 11 is 6.06. The van der Waals surface area contributed by atoms with Gasteiger partial charge in [0.05, 0.1) is 12.1 Å². The van der Waals surface area contributed by atoms with Gasteiger partial charge in [0, 0.05) is 33.3 Å². The van der Waals surface area contributed by atoms with Gasteiger partial charge in [-0.25, -0.2) is 9.18 Å². The lowest BCUT2D eigenvalue weighted by Crippen LogP contribution is -2.63. The van der Waals surface area contributed by atoms with Crippen LogP contribution in [-0.2, 0) is 57.1 Å². The number of ether oxygens (including phenoxy) is 7. The molecule has 0 bridgehead atoms. The maximum Gasteiger partial charge on any atom is 0.373 e. The van der Waals surface area contributed by atoms with E-state index >= 15 is 0 Å². The van der Waals surface area contributed by atoms with Crippen LogP contribution in [0.25, 0.3) is 6.08 Å². The van der Waals surface area contributed by atoms with E-state index < -0.39 is 78.7 Å². The van der Waals surface area contributed by atoms with E-state index in [2.05, 4.69) is 0 Å². The van der Waals surface area contributed by atoms with E-state index in [1.807, 2.05) is 0 Å². The first kappa shape index (κ1) is 30.5. The molecule has 1 aliphatic heterocycles. The largest absolute Gasteiger partial charge is 0.463 e. The van der Waals surface area contributed by atoms with Crippen LogP contribution >= 0.6 is 11.6 Å². The summed E-state index contributed by atoms with van der Waals surface area (Å²) in [6.45, 7) is 3.73. The minimum atomic E-state index is -1.74. The molecule has 1 saturated heterocycles. The Labute approximate surface area is 221 Å². The zero-order valence-corrected chi connectivity index (χ0v) is 21.8. The van der Waals surface area contributed by atoms with Gasteiger partial charge in [0.25, 0.3) is 0 Å². The number of carbonyl (C=O) groups is 5. The highest BCUT2D eigenvalue weighted by Crippen LogP contribution is 2.32. The zero-order valence-electron chi connectivity index (χ0n) is 21.1. The molecular weight excluding hydrogens is 535 g/mol. The third-order valence-electron chi connectivity index (χ3n) is 4.85. The minimum Gasteiger partial charge on any atom is -0.463 e. The maximum absolute atomic E-state index is 14.4. The minimum absolute atomic E-state index is 0.0726. The van der Waals surface area contributed by atoms with Crippen LogP contribution in [0.5, 0.6) is 0 Å². The number of esters is 5. The maximum atomic E-state index is 14.4. The molecule has 208 valence electrons. The highest BCUT2D eigenvalue weighted by molar-refractivity contribution is 6.32. The van der Waals surface area contributed by atoms with Crippen LogP contribution in [0, 0.1) is 5.82 Å². The molecule has 1 aromatic carbocycles. The van der Waals surface area contributed by atoms with Crippen molar-refractivity contribution in [2.75, 3.05) is 13.7 Å². The zero-order chi connectivity index (χ0) is 28.6. The van der Waals surface area contributed by atoms with Crippen molar-refractivity contribution < 1.29 is 61.5 Å². The molecule has 1 aliphatic rings. The highest BCUT2D eigenvalue weighted by atomic mass is 35.5. The van der Waals surface area contributed by atoms with E-state index in [-0.39, 0.29) is 10.6 Å². The average Bonchev–Trinajstić information content (AvgIpc) is 2.81. The quantitative estimate of drug-likeness (QED) is 0.188. The van der Waals surface area contributed by atoms with Gasteiger partial charge in [-0.05, 0) is 18.2 Å². The van der Waals surface area contributed by atoms with Crippen molar-refractivity contribution in [1.29, 1.82) is 0 Å². The summed E-state index contributed by atoms with van der Waals surface area (Å²) in [5.41, 5.74) is -0.236. The van der Waals surface area contributed by atoms with Gasteiger partial charge >= 0.3 is 29.8 Å². The molecule has 0 N–H and O–H groups in total. The second kappa shape index (κ2) is 13.7. The second-order valence-electron chi connectivity index (χ2n) is 7.82. The Hall–Kier alpha value is -3.71. The molecule has 0 spiro atoms. The van der Waals surface area contributed by atoms with Crippen LogP contribution in [0.4, 0.5) is 4.39 Å². The van der Waals surface area contributed by atoms with Gasteiger partial charge < -0.3 is 33.2 Å². The van der Waals surface area contributed by atoms with Crippen LogP contribution in [0.15, 0.2) is 24.0 Å². The predicted molar refractivity (Wildman–Crippen MR) is 124 cm³/mol. The van der Waals surface area contributed by atoms with Crippen LogP contribution in [0.2, 0.25) is 5.02 Å². The Morgan fingerprint density at radius 3 is 2.00 bits per heavy atom. The van der Waals surface area contributed by atoms with Gasteiger partial charge in [0.2, 0.25) is 18.2 Å². The topological polar surface area (TPSA) is 150 Å². The summed E-state index contributed by atoms with van der Waals surface area (Å²) in [5.74, 6) is -5.83. The van der Waals surface area contributed by atoms with Gasteiger partial charge in [-0.1, -0.05) is 17.7 Å². The van der Waals surface area contributed by atoms with Gasteiger partial charge in [-0.3, -0.25) is 19.2 Å². The van der Waals surface area contributed by atoms with Gasteiger partial charge in [0.15, 0.2) is 12.2 Å². The van der Waals surface area contributed by atoms with Crippen molar-refractivity contribution in [3.8, 4) is 0 Å². The fourth-order valence-electron chi connectivity index (χ4n) is 3.43. The Bertz CT molecular complexity index is 1080. The van der Waals surface area contributed by atoms with Crippen LogP contribution < -0.4 is 0 Å². The second-order valence-corrected chi connectivity index (χ2v) is 8.23. The van der Waals surface area contributed by atoms with E-state index in [0.717, 1.165) is 46.9 Å². The molecule has 0 unspecified atom stereocenters. The lowest BCUT2D eigenvalue weighted by molar-refractivity contribution is -0.299. The number of benzene rings is 1. The standard InChI is InChI=1S/C24H26ClFO12/c1-11(27)33-10-19-20(34-12(2)28)21(35-13(3)29)22(36-14(4)30)24(38-19)37-18(23(31)32-5)9-15-16(25)7-6-8-17(15)26/h6-9,19-22,24H,10H2,1-5H3/t19-,20-,21+,22-,24-/m0/s1. The van der Waals surface area contributed by atoms with Crippen molar-refractivity contribution in [2.45, 2.75) is 58.4 Å². The number of carbonyl (C=O) groups excluding carboxylic acids is 5. The molecule has 0 saturated carbocycles. The third kappa shape index (κ3) is 8.42. The molecule has 2 rings (SSSR count). The van der Waals surface area contributed by atoms with E-state index in [0.29, 0.717) is 0 Å². The highest BCUT2D eigenvalue weighted by Gasteiger charge is 2.53. The molecule has 0 aliphatic carbocycles. The molecule has 0 aromatic heterocycles. The van der Waals surface area contributed by atoms with Crippen LogP contribution in [-0.4, -0.2) is 74.3 Å². The van der Waals surface area contributed by atoms with Gasteiger partial charge in [0.1, 0.15) is 18.5 Å². The van der Waals surface area contributed by atoms with Crippen LogP contribution in [0.3, 0.4) is 0 Å². The fraction of sp³-hybridized carbons (Fsp3) is 0.458. The molecule has 12 nitrogen and oxygen atoms in total. The van der Waals surface area contributed by atoms with Crippen molar-refractivity contribution in [2.24, 2.45) is 0 Å². The first-order valence-electron chi connectivity index (χ1n) is 11.0. The molecule has 0 amide bonds. The Morgan fingerprint density at radius 1 is 0.895 bits per heavy atom. The summed E-state index contributed by atoms with van der Waals surface area (Å²) in [5, 5.41) is -0.0726. The third-order valence-corrected chi connectivity index (χ3v) is 5.18. The van der Waals surface area contributed by atoms with E-state index in [9.17, 15) is 28.4 Å². The molecule has 38 heavy (non-hydrogen) atoms. The molecule has 14 heteroatoms. The van der Waals surface area contributed by atoms with E-state index in [4.69, 9.17) is 44.8 Å². The molecule has 5 atom stereocenters. The SMILES string of the molecule is COC(=O)C(=Cc1c(F)cccc1Cl)O[C@H]1O[C@@H](COC(C)=O)[C@H](OC(C)=O)[C@@H](OC(C)=O)[C@@H]1OC(C)=O. The van der Waals surface area contributed by atoms with Gasteiger partial charge in [-0.15, -0.1) is 0 Å². The smallest absolute Gasteiger partial charge is 0.373 e. The van der Waals surface area contributed by atoms with Crippen molar-refractivity contribution in [3.05, 3.63) is 40.4 Å². The monoisotopic (exact) mass is 560 g/mol. The van der Waals surface area contributed by atoms with E-state index in [1.54, 1.807) is 0 Å². The number of halogens is 2. The van der Waals surface area contributed by atoms with Crippen molar-refractivity contribution in [1.82, 2.24) is 0 Å². The summed E-state index contributed by atoms with van der Waals surface area (Å²) in [4.78, 5) is 59.7. The molecule has 1 fully saturated rings. The molecule has 1 heterocycles. The Morgan fingerprint density at radius 2 is 1.47 bits per heavy atom. The molecular formula is C24H26ClFO12. The summed E-state index contributed by atoms with van der Waals surface area (Å²) in [6.07, 6.45) is -6.76. The Kier molecular flexibility index (Phi) is 11.0. The first-order chi connectivity index (χ1) is 17.8. The normalized spacial score (nSPS) is 23.0. The van der Waals surface area contributed by atoms with Gasteiger partial charge in [-0.2, -0.15) is 0 Å². The van der Waals surface area contributed by atoms with Crippen molar-refractivity contribution >= 4 is 47.5 Å². The summed E-state index contributed by atoms with van der Waals surface area (Å²) < 4.78 is 51.4. The lowest BCUT2D eigenvalue weighted by atomic mass is 9.98. The first-order valence-corrected chi connectivity index (χ1v) is 11.4. The summed E-state index contributed by atoms with van der Waals surface area (Å²) in [7, 11) is 1.02. The Balaban J connectivity index is 2.61. The fourth-order valence-corrected chi connectivity index (χ4v) is 3.65. The molecule has 0 radical (unpaired) electrons. The number of rotatable bonds is 9. The van der Waals surface area contributed by atoms with Crippen LogP contribution in [0.1, 0.15) is 33.3 Å². The lowest BCUT2D eigenvalue weighted by Gasteiger charge is -2.43. The number of hydrogen-bond acceptors (Lipinski definition) is 12. The summed E-state index contributed by atoms with van der Waals surface area (Å²) in [6, 6.07) is 3.79. The van der Waals surface area contributed by atoms with Crippen molar-refractivity contribution in [3.63, 3.8) is 0 Å². The van der Waals surface area contributed by atoms with E-state index in [1.165, 1.54) is 12.1 Å². The average molecular weight is 561 g/mol. The predicted octanol–water partition coefficient (Wildman–Crippen LogP) is 2.09.